The van der Waals surface area contributed by atoms with Gasteiger partial charge in [-0.05, 0) is 39.7 Å². The third-order valence-corrected chi connectivity index (χ3v) is 4.76. The number of rotatable bonds is 4. The maximum Gasteiger partial charge on any atom is 0.0568 e. The van der Waals surface area contributed by atoms with E-state index in [1.54, 1.807) is 0 Å². The predicted molar refractivity (Wildman–Crippen MR) is 79.3 cm³/mol. The summed E-state index contributed by atoms with van der Waals surface area (Å²) in [5.74, 6) is 0. The molecule has 0 spiro atoms. The molecule has 4 nitrogen and oxygen atoms in total. The lowest BCUT2D eigenvalue weighted by atomic mass is 9.82. The Morgan fingerprint density at radius 1 is 1.11 bits per heavy atom. The van der Waals surface area contributed by atoms with E-state index in [1.807, 2.05) is 0 Å². The molecule has 2 unspecified atom stereocenters. The third kappa shape index (κ3) is 3.48. The highest BCUT2D eigenvalue weighted by Crippen LogP contribution is 2.34. The van der Waals surface area contributed by atoms with Crippen LogP contribution in [0.1, 0.15) is 40.0 Å². The van der Waals surface area contributed by atoms with Crippen LogP contribution in [0.5, 0.6) is 0 Å². The average molecular weight is 269 g/mol. The van der Waals surface area contributed by atoms with Gasteiger partial charge in [0.05, 0.1) is 12.2 Å². The van der Waals surface area contributed by atoms with Gasteiger partial charge < -0.3 is 15.4 Å². The summed E-state index contributed by atoms with van der Waals surface area (Å²) in [6.45, 7) is 13.3. The van der Waals surface area contributed by atoms with Gasteiger partial charge >= 0.3 is 0 Å². The Morgan fingerprint density at radius 2 is 1.68 bits per heavy atom. The fourth-order valence-corrected chi connectivity index (χ4v) is 3.96. The number of nitrogens with zero attached hydrogens (tertiary/aromatic N) is 2. The molecular formula is C15H31N3O. The summed E-state index contributed by atoms with van der Waals surface area (Å²) in [6.07, 6.45) is 4.09. The minimum Gasteiger partial charge on any atom is -0.375 e. The van der Waals surface area contributed by atoms with Gasteiger partial charge in [-0.3, -0.25) is 4.90 Å². The first-order valence-corrected chi connectivity index (χ1v) is 7.92. The molecule has 2 N–H and O–H groups in total. The summed E-state index contributed by atoms with van der Waals surface area (Å²) in [7, 11) is 0. The van der Waals surface area contributed by atoms with Crippen molar-refractivity contribution in [2.24, 2.45) is 5.73 Å². The second-order valence-electron chi connectivity index (χ2n) is 6.42. The summed E-state index contributed by atoms with van der Waals surface area (Å²) in [5.41, 5.74) is 6.35. The average Bonchev–Trinajstić information content (AvgIpc) is 2.38. The highest BCUT2D eigenvalue weighted by molar-refractivity contribution is 4.99. The maximum atomic E-state index is 6.18. The lowest BCUT2D eigenvalue weighted by Gasteiger charge is -2.52. The molecule has 0 aromatic carbocycles. The molecule has 2 aliphatic heterocycles. The molecule has 2 aliphatic rings. The number of nitrogens with two attached hydrogens (primary N) is 1. The number of ether oxygens (including phenoxy) is 1. The molecule has 4 heteroatoms. The van der Waals surface area contributed by atoms with Crippen LogP contribution in [0.15, 0.2) is 0 Å². The van der Waals surface area contributed by atoms with Crippen LogP contribution in [0.4, 0.5) is 0 Å². The van der Waals surface area contributed by atoms with E-state index in [-0.39, 0.29) is 5.54 Å². The van der Waals surface area contributed by atoms with E-state index >= 15 is 0 Å². The van der Waals surface area contributed by atoms with Gasteiger partial charge in [0.25, 0.3) is 0 Å². The Kier molecular flexibility index (Phi) is 5.23. The Balaban J connectivity index is 1.98. The maximum absolute atomic E-state index is 6.18. The molecule has 0 aliphatic carbocycles. The molecular weight excluding hydrogens is 238 g/mol. The second kappa shape index (κ2) is 6.53. The van der Waals surface area contributed by atoms with Crippen LogP contribution in [-0.4, -0.2) is 66.8 Å². The number of piperazine rings is 1. The lowest BCUT2D eigenvalue weighted by molar-refractivity contribution is -0.110. The number of hydrogen-bond donors (Lipinski definition) is 1. The van der Waals surface area contributed by atoms with Crippen LogP contribution in [0.3, 0.4) is 0 Å². The van der Waals surface area contributed by atoms with Crippen LogP contribution in [-0.2, 0) is 4.74 Å². The first-order chi connectivity index (χ1) is 9.09. The molecule has 19 heavy (non-hydrogen) atoms. The smallest absolute Gasteiger partial charge is 0.0568 e. The molecule has 2 saturated heterocycles. The van der Waals surface area contributed by atoms with Crippen molar-refractivity contribution in [1.29, 1.82) is 0 Å². The first-order valence-electron chi connectivity index (χ1n) is 7.92. The lowest BCUT2D eigenvalue weighted by Crippen LogP contribution is -2.64. The molecule has 2 fully saturated rings. The van der Waals surface area contributed by atoms with Gasteiger partial charge in [-0.1, -0.05) is 6.92 Å². The highest BCUT2D eigenvalue weighted by Gasteiger charge is 2.42. The molecule has 2 atom stereocenters. The standard InChI is InChI=1S/C15H31N3O/c1-4-5-17-6-8-18(9-7-17)15(12-16)10-13(2)19-14(3)11-15/h13-14H,4-12,16H2,1-3H3. The van der Waals surface area contributed by atoms with Crippen molar-refractivity contribution in [3.05, 3.63) is 0 Å². The van der Waals surface area contributed by atoms with Crippen LogP contribution >= 0.6 is 0 Å². The molecule has 0 saturated carbocycles. The third-order valence-electron chi connectivity index (χ3n) is 4.76. The van der Waals surface area contributed by atoms with Crippen LogP contribution < -0.4 is 5.73 Å². The fraction of sp³-hybridized carbons (Fsp3) is 1.00. The Hall–Kier alpha value is -0.160. The molecule has 0 radical (unpaired) electrons. The molecule has 0 amide bonds. The van der Waals surface area contributed by atoms with Crippen molar-refractivity contribution in [2.45, 2.75) is 57.8 Å². The van der Waals surface area contributed by atoms with Crippen molar-refractivity contribution in [3.8, 4) is 0 Å². The van der Waals surface area contributed by atoms with E-state index in [0.717, 1.165) is 32.5 Å². The predicted octanol–water partition coefficient (Wildman–Crippen LogP) is 1.30. The van der Waals surface area contributed by atoms with E-state index in [0.29, 0.717) is 12.2 Å². The Bertz CT molecular complexity index is 267. The van der Waals surface area contributed by atoms with E-state index in [9.17, 15) is 0 Å². The SMILES string of the molecule is CCCN1CCN(C2(CN)CC(C)OC(C)C2)CC1. The zero-order valence-corrected chi connectivity index (χ0v) is 12.9. The van der Waals surface area contributed by atoms with E-state index in [4.69, 9.17) is 10.5 Å². The molecule has 2 heterocycles. The second-order valence-corrected chi connectivity index (χ2v) is 6.42. The molecule has 0 aromatic heterocycles. The normalized spacial score (nSPS) is 38.5. The Labute approximate surface area is 118 Å². The van der Waals surface area contributed by atoms with Crippen molar-refractivity contribution >= 4 is 0 Å². The minimum atomic E-state index is 0.176. The summed E-state index contributed by atoms with van der Waals surface area (Å²) in [5, 5.41) is 0. The van der Waals surface area contributed by atoms with Crippen molar-refractivity contribution in [3.63, 3.8) is 0 Å². The van der Waals surface area contributed by atoms with Crippen molar-refractivity contribution in [1.82, 2.24) is 9.80 Å². The van der Waals surface area contributed by atoms with Gasteiger partial charge in [-0.15, -0.1) is 0 Å². The number of hydrogen-bond acceptors (Lipinski definition) is 4. The van der Waals surface area contributed by atoms with Crippen molar-refractivity contribution in [2.75, 3.05) is 39.3 Å². The zero-order valence-electron chi connectivity index (χ0n) is 12.9. The van der Waals surface area contributed by atoms with Gasteiger partial charge in [0.1, 0.15) is 0 Å². The largest absolute Gasteiger partial charge is 0.375 e. The quantitative estimate of drug-likeness (QED) is 0.835. The highest BCUT2D eigenvalue weighted by atomic mass is 16.5. The van der Waals surface area contributed by atoms with Crippen molar-refractivity contribution < 1.29 is 4.74 Å². The molecule has 0 aromatic rings. The minimum absolute atomic E-state index is 0.176. The summed E-state index contributed by atoms with van der Waals surface area (Å²) in [6, 6.07) is 0. The van der Waals surface area contributed by atoms with Crippen LogP contribution in [0.2, 0.25) is 0 Å². The zero-order chi connectivity index (χ0) is 13.9. The van der Waals surface area contributed by atoms with Gasteiger partial charge in [0, 0.05) is 38.3 Å². The summed E-state index contributed by atoms with van der Waals surface area (Å²) < 4.78 is 5.90. The van der Waals surface area contributed by atoms with Gasteiger partial charge in [-0.25, -0.2) is 0 Å². The fourth-order valence-electron chi connectivity index (χ4n) is 3.96. The summed E-state index contributed by atoms with van der Waals surface area (Å²) >= 11 is 0. The monoisotopic (exact) mass is 269 g/mol. The Morgan fingerprint density at radius 3 is 2.16 bits per heavy atom. The molecule has 112 valence electrons. The first kappa shape index (κ1) is 15.2. The van der Waals surface area contributed by atoms with Gasteiger partial charge in [0.15, 0.2) is 0 Å². The molecule has 2 rings (SSSR count). The topological polar surface area (TPSA) is 41.7 Å². The van der Waals surface area contributed by atoms with Gasteiger partial charge in [-0.2, -0.15) is 0 Å². The van der Waals surface area contributed by atoms with Crippen LogP contribution in [0.25, 0.3) is 0 Å². The molecule has 0 bridgehead atoms. The van der Waals surface area contributed by atoms with E-state index in [2.05, 4.69) is 30.6 Å². The van der Waals surface area contributed by atoms with Crippen LogP contribution in [0, 0.1) is 0 Å². The summed E-state index contributed by atoms with van der Waals surface area (Å²) in [4.78, 5) is 5.22. The van der Waals surface area contributed by atoms with E-state index < -0.39 is 0 Å². The van der Waals surface area contributed by atoms with E-state index in [1.165, 1.54) is 26.1 Å². The van der Waals surface area contributed by atoms with Gasteiger partial charge in [0.2, 0.25) is 0 Å².